The van der Waals surface area contributed by atoms with Crippen molar-refractivity contribution in [3.8, 4) is 0 Å². The average molecular weight is 156 g/mol. The predicted octanol–water partition coefficient (Wildman–Crippen LogP) is 3.18. The number of carbonyl (C=O) groups excluding carboxylic acids is 1. The van der Waals surface area contributed by atoms with Crippen LogP contribution in [0.4, 0.5) is 0 Å². The molecule has 0 saturated heterocycles. The van der Waals surface area contributed by atoms with Crippen molar-refractivity contribution < 1.29 is 4.79 Å². The molecule has 66 valence electrons. The van der Waals surface area contributed by atoms with Gasteiger partial charge in [-0.05, 0) is 25.2 Å². The van der Waals surface area contributed by atoms with E-state index in [2.05, 4.69) is 20.8 Å². The third-order valence-electron chi connectivity index (χ3n) is 2.34. The van der Waals surface area contributed by atoms with Gasteiger partial charge in [-0.3, -0.25) is 0 Å². The lowest BCUT2D eigenvalue weighted by Gasteiger charge is -2.21. The molecule has 1 heteroatoms. The van der Waals surface area contributed by atoms with Crippen LogP contribution in [0.1, 0.15) is 53.4 Å². The van der Waals surface area contributed by atoms with Gasteiger partial charge >= 0.3 is 0 Å². The highest BCUT2D eigenvalue weighted by Crippen LogP contribution is 2.26. The van der Waals surface area contributed by atoms with Gasteiger partial charge in [-0.1, -0.05) is 27.2 Å². The summed E-state index contributed by atoms with van der Waals surface area (Å²) >= 11 is 0. The Morgan fingerprint density at radius 3 is 2.27 bits per heavy atom. The highest BCUT2D eigenvalue weighted by molar-refractivity contribution is 5.75. The topological polar surface area (TPSA) is 17.1 Å². The molecule has 0 amide bonds. The number of Topliss-reactive ketones (excluding diaryl/α,β-unsaturated/α-hetero) is 1. The molecule has 0 aliphatic carbocycles. The first-order chi connectivity index (χ1) is 4.98. The van der Waals surface area contributed by atoms with Gasteiger partial charge in [-0.25, -0.2) is 0 Å². The van der Waals surface area contributed by atoms with E-state index in [1.165, 1.54) is 12.8 Å². The van der Waals surface area contributed by atoms with Crippen LogP contribution in [0, 0.1) is 5.41 Å². The van der Waals surface area contributed by atoms with Crippen LogP contribution in [-0.4, -0.2) is 5.78 Å². The Hall–Kier alpha value is -0.330. The van der Waals surface area contributed by atoms with Crippen molar-refractivity contribution in [2.75, 3.05) is 0 Å². The van der Waals surface area contributed by atoms with E-state index in [1.807, 2.05) is 0 Å². The maximum atomic E-state index is 10.6. The number of hydrogen-bond donors (Lipinski definition) is 0. The molecular formula is C10H20O. The first kappa shape index (κ1) is 10.7. The minimum atomic E-state index is 0.317. The average Bonchev–Trinajstić information content (AvgIpc) is 1.87. The molecule has 11 heavy (non-hydrogen) atoms. The Labute approximate surface area is 70.2 Å². The summed E-state index contributed by atoms with van der Waals surface area (Å²) in [6.45, 7) is 8.38. The van der Waals surface area contributed by atoms with Gasteiger partial charge in [0.05, 0.1) is 0 Å². The molecule has 0 saturated carbocycles. The van der Waals surface area contributed by atoms with Crippen LogP contribution in [0.3, 0.4) is 0 Å². The molecule has 0 heterocycles. The molecule has 0 atom stereocenters. The molecule has 0 N–H and O–H groups in total. The summed E-state index contributed by atoms with van der Waals surface area (Å²) in [5.41, 5.74) is 0.426. The molecule has 1 nitrogen and oxygen atoms in total. The number of carbonyl (C=O) groups is 1. The van der Waals surface area contributed by atoms with Gasteiger partial charge in [0.15, 0.2) is 0 Å². The summed E-state index contributed by atoms with van der Waals surface area (Å²) in [6.07, 6.45) is 4.17. The zero-order valence-electron chi connectivity index (χ0n) is 8.24. The summed E-state index contributed by atoms with van der Waals surface area (Å²) in [6, 6.07) is 0. The normalized spacial score (nSPS) is 11.6. The lowest BCUT2D eigenvalue weighted by atomic mass is 9.84. The molecule has 0 aliphatic rings. The third-order valence-corrected chi connectivity index (χ3v) is 2.34. The summed E-state index contributed by atoms with van der Waals surface area (Å²) in [4.78, 5) is 10.6. The van der Waals surface area contributed by atoms with Crippen LogP contribution < -0.4 is 0 Å². The van der Waals surface area contributed by atoms with E-state index in [0.29, 0.717) is 11.2 Å². The van der Waals surface area contributed by atoms with E-state index in [1.54, 1.807) is 6.92 Å². The zero-order chi connectivity index (χ0) is 8.91. The van der Waals surface area contributed by atoms with E-state index >= 15 is 0 Å². The van der Waals surface area contributed by atoms with E-state index in [9.17, 15) is 4.79 Å². The SMILES string of the molecule is CCC(C)(C)CCCC(C)=O. The quantitative estimate of drug-likeness (QED) is 0.597. The van der Waals surface area contributed by atoms with E-state index in [-0.39, 0.29) is 0 Å². The van der Waals surface area contributed by atoms with E-state index in [4.69, 9.17) is 0 Å². The fourth-order valence-electron chi connectivity index (χ4n) is 0.993. The molecule has 0 aliphatic heterocycles. The van der Waals surface area contributed by atoms with Crippen molar-refractivity contribution in [2.24, 2.45) is 5.41 Å². The molecule has 0 bridgehead atoms. The largest absolute Gasteiger partial charge is 0.300 e. The minimum absolute atomic E-state index is 0.317. The van der Waals surface area contributed by atoms with Crippen LogP contribution >= 0.6 is 0 Å². The Kier molecular flexibility index (Phi) is 4.39. The second-order valence-corrected chi connectivity index (χ2v) is 4.07. The molecule has 0 rings (SSSR count). The highest BCUT2D eigenvalue weighted by Gasteiger charge is 2.14. The van der Waals surface area contributed by atoms with Crippen molar-refractivity contribution in [2.45, 2.75) is 53.4 Å². The number of ketones is 1. The Bertz CT molecular complexity index is 125. The summed E-state index contributed by atoms with van der Waals surface area (Å²) in [7, 11) is 0. The standard InChI is InChI=1S/C10H20O/c1-5-10(3,4)8-6-7-9(2)11/h5-8H2,1-4H3. The van der Waals surface area contributed by atoms with Crippen LogP contribution in [0.5, 0.6) is 0 Å². The summed E-state index contributed by atoms with van der Waals surface area (Å²) in [5, 5.41) is 0. The second-order valence-electron chi connectivity index (χ2n) is 4.07. The molecule has 0 fully saturated rings. The Balaban J connectivity index is 3.45. The lowest BCUT2D eigenvalue weighted by molar-refractivity contribution is -0.117. The molecule has 0 radical (unpaired) electrons. The molecule has 0 aromatic heterocycles. The molecule has 0 spiro atoms. The minimum Gasteiger partial charge on any atom is -0.300 e. The summed E-state index contributed by atoms with van der Waals surface area (Å²) in [5.74, 6) is 0.317. The Morgan fingerprint density at radius 1 is 1.36 bits per heavy atom. The van der Waals surface area contributed by atoms with Crippen molar-refractivity contribution in [3.05, 3.63) is 0 Å². The summed E-state index contributed by atoms with van der Waals surface area (Å²) < 4.78 is 0. The van der Waals surface area contributed by atoms with E-state index < -0.39 is 0 Å². The monoisotopic (exact) mass is 156 g/mol. The van der Waals surface area contributed by atoms with Crippen molar-refractivity contribution in [1.82, 2.24) is 0 Å². The molecule has 0 aromatic carbocycles. The van der Waals surface area contributed by atoms with Gasteiger partial charge in [0.25, 0.3) is 0 Å². The van der Waals surface area contributed by atoms with Gasteiger partial charge in [-0.15, -0.1) is 0 Å². The molecule has 0 aromatic rings. The lowest BCUT2D eigenvalue weighted by Crippen LogP contribution is -2.09. The maximum Gasteiger partial charge on any atom is 0.129 e. The number of hydrogen-bond acceptors (Lipinski definition) is 1. The van der Waals surface area contributed by atoms with Crippen molar-refractivity contribution in [3.63, 3.8) is 0 Å². The fraction of sp³-hybridized carbons (Fsp3) is 0.900. The van der Waals surface area contributed by atoms with Crippen LogP contribution in [0.2, 0.25) is 0 Å². The fourth-order valence-corrected chi connectivity index (χ4v) is 0.993. The smallest absolute Gasteiger partial charge is 0.129 e. The van der Waals surface area contributed by atoms with E-state index in [0.717, 1.165) is 12.8 Å². The van der Waals surface area contributed by atoms with Crippen molar-refractivity contribution in [1.29, 1.82) is 0 Å². The van der Waals surface area contributed by atoms with Crippen LogP contribution in [0.25, 0.3) is 0 Å². The molecular weight excluding hydrogens is 136 g/mol. The van der Waals surface area contributed by atoms with Crippen LogP contribution in [-0.2, 0) is 4.79 Å². The first-order valence-electron chi connectivity index (χ1n) is 4.47. The highest BCUT2D eigenvalue weighted by atomic mass is 16.1. The first-order valence-corrected chi connectivity index (χ1v) is 4.47. The maximum absolute atomic E-state index is 10.6. The second kappa shape index (κ2) is 4.53. The molecule has 0 unspecified atom stereocenters. The zero-order valence-corrected chi connectivity index (χ0v) is 8.24. The Morgan fingerprint density at radius 2 is 1.91 bits per heavy atom. The van der Waals surface area contributed by atoms with Gasteiger partial charge in [0.2, 0.25) is 0 Å². The van der Waals surface area contributed by atoms with Crippen LogP contribution in [0.15, 0.2) is 0 Å². The van der Waals surface area contributed by atoms with Gasteiger partial charge in [0.1, 0.15) is 5.78 Å². The van der Waals surface area contributed by atoms with Gasteiger partial charge < -0.3 is 4.79 Å². The predicted molar refractivity (Wildman–Crippen MR) is 48.6 cm³/mol. The van der Waals surface area contributed by atoms with Gasteiger partial charge in [0, 0.05) is 6.42 Å². The van der Waals surface area contributed by atoms with Crippen molar-refractivity contribution >= 4 is 5.78 Å². The number of rotatable bonds is 5. The third kappa shape index (κ3) is 6.08. The van der Waals surface area contributed by atoms with Gasteiger partial charge in [-0.2, -0.15) is 0 Å².